The summed E-state index contributed by atoms with van der Waals surface area (Å²) in [7, 11) is 0. The Morgan fingerprint density at radius 2 is 2.28 bits per heavy atom. The average Bonchev–Trinajstić information content (AvgIpc) is 2.71. The number of nitrogens with one attached hydrogen (secondary N) is 1. The highest BCUT2D eigenvalue weighted by atomic mass is 32.1. The number of carbonyl (C=O) groups is 2. The van der Waals surface area contributed by atoms with Gasteiger partial charge in [-0.2, -0.15) is 0 Å². The highest BCUT2D eigenvalue weighted by molar-refractivity contribution is 7.09. The normalized spacial score (nSPS) is 10.1. The van der Waals surface area contributed by atoms with Crippen LogP contribution in [0.1, 0.15) is 30.5 Å². The van der Waals surface area contributed by atoms with Gasteiger partial charge in [0.15, 0.2) is 0 Å². The van der Waals surface area contributed by atoms with Gasteiger partial charge in [0.05, 0.1) is 11.6 Å². The van der Waals surface area contributed by atoms with Gasteiger partial charge in [0, 0.05) is 24.0 Å². The van der Waals surface area contributed by atoms with Crippen LogP contribution in [-0.2, 0) is 20.7 Å². The van der Waals surface area contributed by atoms with E-state index in [-0.39, 0.29) is 12.3 Å². The third-order valence-electron chi connectivity index (χ3n) is 2.17. The van der Waals surface area contributed by atoms with Crippen LogP contribution in [0, 0.1) is 6.92 Å². The molecule has 18 heavy (non-hydrogen) atoms. The number of amides is 1. The van der Waals surface area contributed by atoms with Crippen molar-refractivity contribution in [3.8, 4) is 0 Å². The molecular formula is C12H18N2O3S. The number of hydrogen-bond donors (Lipinski definition) is 1. The topological polar surface area (TPSA) is 68.3 Å². The molecule has 0 aliphatic carbocycles. The Morgan fingerprint density at radius 3 is 2.89 bits per heavy atom. The van der Waals surface area contributed by atoms with Crippen LogP contribution in [0.5, 0.6) is 0 Å². The number of aryl methyl sites for hydroxylation is 2. The molecule has 0 saturated heterocycles. The number of thiazole rings is 1. The van der Waals surface area contributed by atoms with E-state index in [1.807, 2.05) is 12.3 Å². The molecule has 0 spiro atoms. The van der Waals surface area contributed by atoms with Crippen LogP contribution in [0.25, 0.3) is 0 Å². The van der Waals surface area contributed by atoms with E-state index in [2.05, 4.69) is 15.0 Å². The zero-order valence-electron chi connectivity index (χ0n) is 10.7. The molecule has 0 atom stereocenters. The van der Waals surface area contributed by atoms with Crippen molar-refractivity contribution >= 4 is 23.2 Å². The molecule has 0 aliphatic heterocycles. The number of hydrogen-bond acceptors (Lipinski definition) is 5. The first kappa shape index (κ1) is 14.6. The molecule has 1 aromatic heterocycles. The van der Waals surface area contributed by atoms with Crippen molar-refractivity contribution in [1.82, 2.24) is 10.3 Å². The monoisotopic (exact) mass is 270 g/mol. The van der Waals surface area contributed by atoms with Gasteiger partial charge < -0.3 is 10.1 Å². The van der Waals surface area contributed by atoms with Gasteiger partial charge in [0.2, 0.25) is 5.91 Å². The molecule has 1 rings (SSSR count). The van der Waals surface area contributed by atoms with Gasteiger partial charge in [-0.05, 0) is 20.3 Å². The molecule has 1 amide bonds. The fourth-order valence-electron chi connectivity index (χ4n) is 1.39. The van der Waals surface area contributed by atoms with Gasteiger partial charge >= 0.3 is 5.97 Å². The lowest BCUT2D eigenvalue weighted by molar-refractivity contribution is -0.145. The number of aromatic nitrogens is 1. The van der Waals surface area contributed by atoms with E-state index in [1.165, 1.54) is 0 Å². The molecule has 0 unspecified atom stereocenters. The first-order chi connectivity index (χ1) is 8.61. The van der Waals surface area contributed by atoms with Gasteiger partial charge in [-0.25, -0.2) is 4.98 Å². The summed E-state index contributed by atoms with van der Waals surface area (Å²) >= 11 is 1.63. The number of nitrogens with zero attached hydrogens (tertiary/aromatic N) is 1. The molecular weight excluding hydrogens is 252 g/mol. The SMILES string of the molecule is CCOC(=O)CC(=O)NCCCc1nc(C)cs1. The van der Waals surface area contributed by atoms with E-state index in [0.717, 1.165) is 23.5 Å². The summed E-state index contributed by atoms with van der Waals surface area (Å²) < 4.78 is 4.68. The third-order valence-corrected chi connectivity index (χ3v) is 3.19. The van der Waals surface area contributed by atoms with Gasteiger partial charge in [0.1, 0.15) is 6.42 Å². The van der Waals surface area contributed by atoms with E-state index in [9.17, 15) is 9.59 Å². The van der Waals surface area contributed by atoms with Crippen LogP contribution < -0.4 is 5.32 Å². The lowest BCUT2D eigenvalue weighted by Gasteiger charge is -2.04. The summed E-state index contributed by atoms with van der Waals surface area (Å²) in [6, 6.07) is 0. The second-order valence-corrected chi connectivity index (χ2v) is 4.76. The largest absolute Gasteiger partial charge is 0.466 e. The average molecular weight is 270 g/mol. The maximum absolute atomic E-state index is 11.3. The summed E-state index contributed by atoms with van der Waals surface area (Å²) in [6.07, 6.45) is 1.46. The van der Waals surface area contributed by atoms with E-state index in [4.69, 9.17) is 0 Å². The van der Waals surface area contributed by atoms with Gasteiger partial charge in [-0.3, -0.25) is 9.59 Å². The maximum Gasteiger partial charge on any atom is 0.315 e. The van der Waals surface area contributed by atoms with E-state index < -0.39 is 5.97 Å². The van der Waals surface area contributed by atoms with Crippen LogP contribution in [0.4, 0.5) is 0 Å². The summed E-state index contributed by atoms with van der Waals surface area (Å²) in [5, 5.41) is 5.77. The molecule has 0 bridgehead atoms. The van der Waals surface area contributed by atoms with Gasteiger partial charge in [0.25, 0.3) is 0 Å². The van der Waals surface area contributed by atoms with Crippen LogP contribution in [0.2, 0.25) is 0 Å². The third kappa shape index (κ3) is 5.77. The van der Waals surface area contributed by atoms with Crippen LogP contribution in [0.3, 0.4) is 0 Å². The molecule has 5 nitrogen and oxygen atoms in total. The fraction of sp³-hybridized carbons (Fsp3) is 0.583. The second-order valence-electron chi connectivity index (χ2n) is 3.82. The first-order valence-electron chi connectivity index (χ1n) is 5.95. The highest BCUT2D eigenvalue weighted by Gasteiger charge is 2.09. The smallest absolute Gasteiger partial charge is 0.315 e. The lowest BCUT2D eigenvalue weighted by atomic mass is 10.3. The molecule has 1 N–H and O–H groups in total. The minimum atomic E-state index is -0.481. The van der Waals surface area contributed by atoms with E-state index in [0.29, 0.717) is 13.2 Å². The number of rotatable bonds is 7. The second kappa shape index (κ2) is 7.81. The molecule has 1 heterocycles. The number of carbonyl (C=O) groups excluding carboxylic acids is 2. The molecule has 0 aliphatic rings. The summed E-state index contributed by atoms with van der Waals surface area (Å²) in [6.45, 7) is 4.53. The molecule has 0 fully saturated rings. The van der Waals surface area contributed by atoms with Crippen molar-refractivity contribution in [2.75, 3.05) is 13.2 Å². The highest BCUT2D eigenvalue weighted by Crippen LogP contribution is 2.10. The standard InChI is InChI=1S/C12H18N2O3S/c1-3-17-12(16)7-10(15)13-6-4-5-11-14-9(2)8-18-11/h8H,3-7H2,1-2H3,(H,13,15). The van der Waals surface area contributed by atoms with E-state index >= 15 is 0 Å². The van der Waals surface area contributed by atoms with Gasteiger partial charge in [-0.15, -0.1) is 11.3 Å². The van der Waals surface area contributed by atoms with Crippen molar-refractivity contribution < 1.29 is 14.3 Å². The molecule has 100 valence electrons. The van der Waals surface area contributed by atoms with Crippen molar-refractivity contribution in [3.05, 3.63) is 16.1 Å². The fourth-order valence-corrected chi connectivity index (χ4v) is 2.21. The number of esters is 1. The quantitative estimate of drug-likeness (QED) is 0.462. The molecule has 1 aromatic rings. The Bertz CT molecular complexity index is 404. The number of ether oxygens (including phenoxy) is 1. The van der Waals surface area contributed by atoms with Crippen molar-refractivity contribution in [3.63, 3.8) is 0 Å². The van der Waals surface area contributed by atoms with Crippen molar-refractivity contribution in [1.29, 1.82) is 0 Å². The van der Waals surface area contributed by atoms with Crippen LogP contribution in [-0.4, -0.2) is 30.0 Å². The Hall–Kier alpha value is -1.43. The molecule has 0 aromatic carbocycles. The van der Waals surface area contributed by atoms with E-state index in [1.54, 1.807) is 18.3 Å². The minimum Gasteiger partial charge on any atom is -0.466 e. The Labute approximate surface area is 111 Å². The zero-order valence-corrected chi connectivity index (χ0v) is 11.5. The molecule has 6 heteroatoms. The Balaban J connectivity index is 2.10. The maximum atomic E-state index is 11.3. The zero-order chi connectivity index (χ0) is 13.4. The predicted octanol–water partition coefficient (Wildman–Crippen LogP) is 1.45. The minimum absolute atomic E-state index is 0.204. The van der Waals surface area contributed by atoms with Crippen molar-refractivity contribution in [2.24, 2.45) is 0 Å². The predicted molar refractivity (Wildman–Crippen MR) is 69.4 cm³/mol. The Morgan fingerprint density at radius 1 is 1.50 bits per heavy atom. The molecule has 0 saturated carbocycles. The summed E-state index contributed by atoms with van der Waals surface area (Å²) in [4.78, 5) is 26.7. The first-order valence-corrected chi connectivity index (χ1v) is 6.83. The summed E-state index contributed by atoms with van der Waals surface area (Å²) in [5.41, 5.74) is 1.03. The van der Waals surface area contributed by atoms with Crippen molar-refractivity contribution in [2.45, 2.75) is 33.1 Å². The summed E-state index contributed by atoms with van der Waals surface area (Å²) in [5.74, 6) is -0.769. The Kier molecular flexibility index (Phi) is 6.35. The van der Waals surface area contributed by atoms with Gasteiger partial charge in [-0.1, -0.05) is 0 Å². The van der Waals surface area contributed by atoms with Crippen LogP contribution >= 0.6 is 11.3 Å². The van der Waals surface area contributed by atoms with Crippen LogP contribution in [0.15, 0.2) is 5.38 Å². The molecule has 0 radical (unpaired) electrons. The lowest BCUT2D eigenvalue weighted by Crippen LogP contribution is -2.27.